The van der Waals surface area contributed by atoms with Crippen molar-refractivity contribution in [3.63, 3.8) is 0 Å². The summed E-state index contributed by atoms with van der Waals surface area (Å²) in [5.74, 6) is -1.81. The van der Waals surface area contributed by atoms with E-state index in [0.29, 0.717) is 64.6 Å². The molecule has 1 aliphatic rings. The molecule has 4 rings (SSSR count). The summed E-state index contributed by atoms with van der Waals surface area (Å²) in [6.45, 7) is 5.19. The highest BCUT2D eigenvalue weighted by molar-refractivity contribution is 5.95. The number of amides is 5. The fraction of sp³-hybridized carbons (Fsp3) is 0.465. The molecule has 1 fully saturated rings. The number of halogens is 2. The van der Waals surface area contributed by atoms with Crippen LogP contribution in [0.25, 0.3) is 6.08 Å². The number of nitrogens with zero attached hydrogens (tertiary/aromatic N) is 2. The highest BCUT2D eigenvalue weighted by atomic mass is 35.5. The molecule has 15 heteroatoms. The van der Waals surface area contributed by atoms with Crippen LogP contribution in [0.2, 0.25) is 0 Å². The number of furan rings is 1. The largest absolute Gasteiger partial charge is 0.472 e. The summed E-state index contributed by atoms with van der Waals surface area (Å²) >= 11 is 0. The van der Waals surface area contributed by atoms with Crippen LogP contribution < -0.4 is 27.4 Å². The number of benzene rings is 2. The Hall–Kier alpha value is -4.69. The Morgan fingerprint density at radius 2 is 1.38 bits per heavy atom. The Kier molecular flexibility index (Phi) is 21.9. The standard InChI is InChI=1S/C43H59N7O6.2ClH/c1-30(2)26-37(48-42(54)38(28-32-14-8-5-9-15-32)47-40(52)35(45)27-31-12-6-4-7-13-31)41(53)46-36(16-10-11-22-44)43(55)50-23-19-34(20-24-50)49(3)39(51)18-17-33-21-25-56-29-33;;/h4-9,12-15,17-18,21,25,29-30,34-38H,10-11,16,19-20,22-24,26-28,44-45H2,1-3H3,(H,46,53)(H,47,52)(H,48,54);2*1H/b18-17+;;/t35-,36-,37-,38-;;/m1../s1. The van der Waals surface area contributed by atoms with E-state index in [1.807, 2.05) is 74.5 Å². The molecule has 1 aliphatic heterocycles. The topological polar surface area (TPSA) is 193 Å². The number of nitrogens with one attached hydrogen (secondary N) is 3. The second-order valence-electron chi connectivity index (χ2n) is 15.0. The molecule has 0 saturated carbocycles. The quantitative estimate of drug-likeness (QED) is 0.0832. The van der Waals surface area contributed by atoms with Crippen molar-refractivity contribution in [1.29, 1.82) is 0 Å². The molecule has 0 radical (unpaired) electrons. The molecule has 0 spiro atoms. The lowest BCUT2D eigenvalue weighted by Crippen LogP contribution is -2.59. The number of carbonyl (C=O) groups excluding carboxylic acids is 5. The first-order valence-electron chi connectivity index (χ1n) is 19.7. The molecule has 1 aromatic heterocycles. The average molecular weight is 843 g/mol. The van der Waals surface area contributed by atoms with Gasteiger partial charge in [-0.2, -0.15) is 0 Å². The molecule has 0 unspecified atom stereocenters. The second-order valence-corrected chi connectivity index (χ2v) is 15.0. The van der Waals surface area contributed by atoms with Gasteiger partial charge in [0.05, 0.1) is 18.6 Å². The highest BCUT2D eigenvalue weighted by Gasteiger charge is 2.34. The molecule has 4 atom stereocenters. The van der Waals surface area contributed by atoms with E-state index in [-0.39, 0.29) is 55.0 Å². The van der Waals surface area contributed by atoms with E-state index in [2.05, 4.69) is 16.0 Å². The zero-order valence-electron chi connectivity index (χ0n) is 33.7. The summed E-state index contributed by atoms with van der Waals surface area (Å²) in [6.07, 6.45) is 9.97. The van der Waals surface area contributed by atoms with Gasteiger partial charge in [-0.25, -0.2) is 0 Å². The molecular weight excluding hydrogens is 781 g/mol. The Labute approximate surface area is 354 Å². The van der Waals surface area contributed by atoms with E-state index in [1.54, 1.807) is 41.5 Å². The molecule has 58 heavy (non-hydrogen) atoms. The fourth-order valence-corrected chi connectivity index (χ4v) is 6.83. The number of carbonyl (C=O) groups is 5. The highest BCUT2D eigenvalue weighted by Crippen LogP contribution is 2.19. The lowest BCUT2D eigenvalue weighted by atomic mass is 9.99. The van der Waals surface area contributed by atoms with E-state index in [4.69, 9.17) is 15.9 Å². The number of hydrogen-bond acceptors (Lipinski definition) is 8. The van der Waals surface area contributed by atoms with Gasteiger partial charge in [0.25, 0.3) is 0 Å². The van der Waals surface area contributed by atoms with Gasteiger partial charge in [-0.3, -0.25) is 24.0 Å². The maximum atomic E-state index is 14.0. The molecule has 13 nitrogen and oxygen atoms in total. The molecule has 1 saturated heterocycles. The van der Waals surface area contributed by atoms with Crippen molar-refractivity contribution in [2.45, 2.75) is 95.4 Å². The normalized spacial score (nSPS) is 15.0. The van der Waals surface area contributed by atoms with Gasteiger partial charge >= 0.3 is 0 Å². The number of piperidine rings is 1. The summed E-state index contributed by atoms with van der Waals surface area (Å²) in [6, 6.07) is 16.7. The number of likely N-dealkylation sites (N-methyl/N-ethyl adjacent to an activating group) is 1. The van der Waals surface area contributed by atoms with Crippen molar-refractivity contribution in [3.05, 3.63) is 102 Å². The van der Waals surface area contributed by atoms with Crippen LogP contribution in [0.15, 0.2) is 89.7 Å². The third-order valence-electron chi connectivity index (χ3n) is 10.1. The number of unbranched alkanes of at least 4 members (excludes halogenated alkanes) is 1. The van der Waals surface area contributed by atoms with Crippen molar-refractivity contribution in [2.75, 3.05) is 26.7 Å². The van der Waals surface area contributed by atoms with Crippen LogP contribution >= 0.6 is 24.8 Å². The Morgan fingerprint density at radius 3 is 1.95 bits per heavy atom. The molecule has 3 aromatic rings. The first kappa shape index (κ1) is 49.5. The first-order valence-corrected chi connectivity index (χ1v) is 19.7. The van der Waals surface area contributed by atoms with E-state index in [0.717, 1.165) is 16.7 Å². The lowest BCUT2D eigenvalue weighted by Gasteiger charge is -2.38. The van der Waals surface area contributed by atoms with Crippen LogP contribution in [0.1, 0.15) is 69.1 Å². The van der Waals surface area contributed by atoms with Crippen molar-refractivity contribution in [3.8, 4) is 0 Å². The zero-order valence-corrected chi connectivity index (χ0v) is 35.4. The van der Waals surface area contributed by atoms with Crippen LogP contribution in [0.3, 0.4) is 0 Å². The number of nitrogens with two attached hydrogens (primary N) is 2. The average Bonchev–Trinajstić information content (AvgIpc) is 3.73. The Balaban J connectivity index is 0.00000580. The van der Waals surface area contributed by atoms with Crippen molar-refractivity contribution >= 4 is 60.4 Å². The predicted molar refractivity (Wildman–Crippen MR) is 231 cm³/mol. The molecule has 7 N–H and O–H groups in total. The molecule has 0 bridgehead atoms. The van der Waals surface area contributed by atoms with E-state index in [1.165, 1.54) is 6.08 Å². The van der Waals surface area contributed by atoms with Crippen LogP contribution in [-0.2, 0) is 36.8 Å². The Bertz CT molecular complexity index is 1720. The van der Waals surface area contributed by atoms with Crippen LogP contribution in [0.4, 0.5) is 0 Å². The predicted octanol–water partition coefficient (Wildman–Crippen LogP) is 4.03. The zero-order chi connectivity index (χ0) is 40.5. The Morgan fingerprint density at radius 1 is 0.810 bits per heavy atom. The number of rotatable bonds is 20. The smallest absolute Gasteiger partial charge is 0.246 e. The lowest BCUT2D eigenvalue weighted by molar-refractivity contribution is -0.139. The summed E-state index contributed by atoms with van der Waals surface area (Å²) < 4.78 is 5.06. The van der Waals surface area contributed by atoms with Crippen LogP contribution in [-0.4, -0.2) is 96.2 Å². The fourth-order valence-electron chi connectivity index (χ4n) is 6.83. The van der Waals surface area contributed by atoms with Gasteiger partial charge in [0.15, 0.2) is 0 Å². The van der Waals surface area contributed by atoms with E-state index in [9.17, 15) is 24.0 Å². The van der Waals surface area contributed by atoms with Gasteiger partial charge in [-0.1, -0.05) is 74.5 Å². The molecule has 5 amide bonds. The third kappa shape index (κ3) is 15.9. The summed E-state index contributed by atoms with van der Waals surface area (Å²) in [5, 5.41) is 8.71. The maximum Gasteiger partial charge on any atom is 0.246 e. The molecule has 318 valence electrons. The number of likely N-dealkylation sites (tertiary alicyclic amines) is 1. The van der Waals surface area contributed by atoms with Crippen LogP contribution in [0, 0.1) is 5.92 Å². The summed E-state index contributed by atoms with van der Waals surface area (Å²) in [4.78, 5) is 71.7. The van der Waals surface area contributed by atoms with Gasteiger partial charge in [0, 0.05) is 44.2 Å². The minimum absolute atomic E-state index is 0. The van der Waals surface area contributed by atoms with E-state index < -0.39 is 41.9 Å². The first-order chi connectivity index (χ1) is 26.9. The van der Waals surface area contributed by atoms with Gasteiger partial charge in [0.2, 0.25) is 29.5 Å². The number of hydrogen-bond donors (Lipinski definition) is 5. The van der Waals surface area contributed by atoms with Crippen LogP contribution in [0.5, 0.6) is 0 Å². The van der Waals surface area contributed by atoms with Crippen molar-refractivity contribution in [2.24, 2.45) is 17.4 Å². The second kappa shape index (κ2) is 25.6. The minimum Gasteiger partial charge on any atom is -0.472 e. The van der Waals surface area contributed by atoms with Gasteiger partial charge in [0.1, 0.15) is 18.1 Å². The molecule has 0 aliphatic carbocycles. The van der Waals surface area contributed by atoms with Gasteiger partial charge in [-0.05, 0) is 80.7 Å². The minimum atomic E-state index is -1.01. The van der Waals surface area contributed by atoms with Crippen molar-refractivity contribution in [1.82, 2.24) is 25.8 Å². The maximum absolute atomic E-state index is 14.0. The molecule has 2 aromatic carbocycles. The summed E-state index contributed by atoms with van der Waals surface area (Å²) in [5.41, 5.74) is 14.6. The third-order valence-corrected chi connectivity index (χ3v) is 10.1. The SMILES string of the molecule is CC(C)C[C@@H](NC(=O)[C@@H](Cc1ccccc1)NC(=O)[C@H](N)Cc1ccccc1)C(=O)N[C@H](CCCCN)C(=O)N1CCC(N(C)C(=O)/C=C/c2ccoc2)CC1.Cl.Cl. The van der Waals surface area contributed by atoms with Crippen molar-refractivity contribution < 1.29 is 28.4 Å². The van der Waals surface area contributed by atoms with E-state index >= 15 is 0 Å². The van der Waals surface area contributed by atoms with Gasteiger partial charge in [-0.15, -0.1) is 24.8 Å². The monoisotopic (exact) mass is 841 g/mol. The molecular formula is C43H61Cl2N7O6. The summed E-state index contributed by atoms with van der Waals surface area (Å²) in [7, 11) is 1.76. The van der Waals surface area contributed by atoms with Gasteiger partial charge < -0.3 is 41.6 Å². The molecule has 2 heterocycles.